The number of benzene rings is 3. The molecule has 1 aromatic heterocycles. The summed E-state index contributed by atoms with van der Waals surface area (Å²) >= 11 is 7.51. The van der Waals surface area contributed by atoms with Crippen molar-refractivity contribution in [3.8, 4) is 0 Å². The summed E-state index contributed by atoms with van der Waals surface area (Å²) in [5.41, 5.74) is 1.55. The Balaban J connectivity index is 1.38. The first-order chi connectivity index (χ1) is 17.6. The van der Waals surface area contributed by atoms with Crippen molar-refractivity contribution < 1.29 is 22.8 Å². The van der Waals surface area contributed by atoms with Crippen molar-refractivity contribution in [3.63, 3.8) is 0 Å². The number of amides is 2. The zero-order valence-corrected chi connectivity index (χ0v) is 21.3. The highest BCUT2D eigenvalue weighted by atomic mass is 35.5. The Morgan fingerprint density at radius 3 is 2.57 bits per heavy atom. The van der Waals surface area contributed by atoms with Gasteiger partial charge < -0.3 is 15.2 Å². The van der Waals surface area contributed by atoms with Crippen LogP contribution in [0, 0.1) is 6.92 Å². The highest BCUT2D eigenvalue weighted by molar-refractivity contribution is 8.00. The number of hydrogen-bond acceptors (Lipinski definition) is 3. The third-order valence-corrected chi connectivity index (χ3v) is 7.11. The minimum atomic E-state index is -4.52. The average Bonchev–Trinajstić information content (AvgIpc) is 3.22. The molecule has 0 fully saturated rings. The summed E-state index contributed by atoms with van der Waals surface area (Å²) in [6.45, 7) is 2.50. The molecule has 192 valence electrons. The Hall–Kier alpha value is -3.43. The van der Waals surface area contributed by atoms with Crippen molar-refractivity contribution >= 4 is 51.8 Å². The van der Waals surface area contributed by atoms with Gasteiger partial charge >= 0.3 is 6.18 Å². The lowest BCUT2D eigenvalue weighted by Crippen LogP contribution is -2.27. The largest absolute Gasteiger partial charge is 0.416 e. The number of para-hydroxylation sites is 1. The smallest absolute Gasteiger partial charge is 0.350 e. The van der Waals surface area contributed by atoms with Gasteiger partial charge in [-0.05, 0) is 48.9 Å². The van der Waals surface area contributed by atoms with Crippen LogP contribution in [-0.2, 0) is 17.5 Å². The molecule has 0 saturated carbocycles. The summed E-state index contributed by atoms with van der Waals surface area (Å²) in [5.74, 6) is -0.564. The number of anilines is 1. The van der Waals surface area contributed by atoms with Crippen molar-refractivity contribution in [3.05, 3.63) is 94.6 Å². The fourth-order valence-corrected chi connectivity index (χ4v) is 4.82. The maximum Gasteiger partial charge on any atom is 0.416 e. The Morgan fingerprint density at radius 2 is 1.81 bits per heavy atom. The van der Waals surface area contributed by atoms with Crippen LogP contribution in [0.2, 0.25) is 5.02 Å². The standard InChI is InChI=1S/C27H23ClF3N3O2S/c1-17-9-10-20(14-22(17)28)33-25(35)16-37-24-15-34(23-8-3-2-7-21(23)24)12-11-32-26(36)18-5-4-6-19(13-18)27(29,30)31/h2-10,13-15H,11-12,16H2,1H3,(H,32,36)(H,33,35). The van der Waals surface area contributed by atoms with E-state index in [1.54, 1.807) is 12.1 Å². The molecule has 0 aliphatic carbocycles. The quantitative estimate of drug-likeness (QED) is 0.240. The average molecular weight is 546 g/mol. The maximum atomic E-state index is 12.9. The molecule has 0 bridgehead atoms. The zero-order chi connectivity index (χ0) is 26.6. The summed E-state index contributed by atoms with van der Waals surface area (Å²) in [4.78, 5) is 25.8. The van der Waals surface area contributed by atoms with Gasteiger partial charge in [0, 0.05) is 51.4 Å². The predicted octanol–water partition coefficient (Wildman–Crippen LogP) is 6.78. The fourth-order valence-electron chi connectivity index (χ4n) is 3.75. The number of carbonyl (C=O) groups excluding carboxylic acids is 2. The van der Waals surface area contributed by atoms with Gasteiger partial charge in [0.25, 0.3) is 5.91 Å². The summed E-state index contributed by atoms with van der Waals surface area (Å²) in [6.07, 6.45) is -2.61. The lowest BCUT2D eigenvalue weighted by molar-refractivity contribution is -0.137. The van der Waals surface area contributed by atoms with Gasteiger partial charge in [-0.3, -0.25) is 9.59 Å². The molecule has 0 aliphatic rings. The van der Waals surface area contributed by atoms with Crippen LogP contribution in [0.5, 0.6) is 0 Å². The molecule has 0 radical (unpaired) electrons. The van der Waals surface area contributed by atoms with Crippen molar-refractivity contribution in [1.29, 1.82) is 0 Å². The zero-order valence-electron chi connectivity index (χ0n) is 19.7. The maximum absolute atomic E-state index is 12.9. The van der Waals surface area contributed by atoms with Crippen molar-refractivity contribution in [2.24, 2.45) is 0 Å². The van der Waals surface area contributed by atoms with Gasteiger partial charge in [0.05, 0.1) is 11.3 Å². The van der Waals surface area contributed by atoms with Gasteiger partial charge in [0.2, 0.25) is 5.91 Å². The third-order valence-electron chi connectivity index (χ3n) is 5.66. The molecule has 1 heterocycles. The second-order valence-electron chi connectivity index (χ2n) is 8.34. The van der Waals surface area contributed by atoms with E-state index in [0.717, 1.165) is 33.5 Å². The van der Waals surface area contributed by atoms with Crippen molar-refractivity contribution in [2.75, 3.05) is 17.6 Å². The summed E-state index contributed by atoms with van der Waals surface area (Å²) in [5, 5.41) is 7.06. The molecule has 37 heavy (non-hydrogen) atoms. The van der Waals surface area contributed by atoms with Gasteiger partial charge in [-0.2, -0.15) is 13.2 Å². The topological polar surface area (TPSA) is 63.1 Å². The lowest BCUT2D eigenvalue weighted by atomic mass is 10.1. The van der Waals surface area contributed by atoms with Crippen LogP contribution in [0.4, 0.5) is 18.9 Å². The number of aromatic nitrogens is 1. The SMILES string of the molecule is Cc1ccc(NC(=O)CSc2cn(CCNC(=O)c3cccc(C(F)(F)F)c3)c3ccccc23)cc1Cl. The second kappa shape index (κ2) is 11.3. The van der Waals surface area contributed by atoms with E-state index in [2.05, 4.69) is 10.6 Å². The summed E-state index contributed by atoms with van der Waals surface area (Å²) < 4.78 is 40.8. The molecule has 0 unspecified atom stereocenters. The minimum absolute atomic E-state index is 0.0516. The molecule has 2 amide bonds. The molecule has 10 heteroatoms. The van der Waals surface area contributed by atoms with Gasteiger partial charge in [0.15, 0.2) is 0 Å². The van der Waals surface area contributed by atoms with E-state index in [-0.39, 0.29) is 23.8 Å². The number of carbonyl (C=O) groups is 2. The van der Waals surface area contributed by atoms with Gasteiger partial charge in [-0.25, -0.2) is 0 Å². The van der Waals surface area contributed by atoms with E-state index >= 15 is 0 Å². The number of rotatable bonds is 8. The van der Waals surface area contributed by atoms with Gasteiger partial charge in [-0.15, -0.1) is 11.8 Å². The third kappa shape index (κ3) is 6.67. The number of hydrogen-bond donors (Lipinski definition) is 2. The van der Waals surface area contributed by atoms with Crippen LogP contribution in [0.1, 0.15) is 21.5 Å². The Morgan fingerprint density at radius 1 is 1.03 bits per heavy atom. The van der Waals surface area contributed by atoms with Crippen LogP contribution >= 0.6 is 23.4 Å². The molecule has 5 nitrogen and oxygen atoms in total. The van der Waals surface area contributed by atoms with Gasteiger partial charge in [0.1, 0.15) is 0 Å². The minimum Gasteiger partial charge on any atom is -0.350 e. The first-order valence-corrected chi connectivity index (χ1v) is 12.7. The number of nitrogens with one attached hydrogen (secondary N) is 2. The van der Waals surface area contributed by atoms with Crippen molar-refractivity contribution in [1.82, 2.24) is 9.88 Å². The molecule has 0 aliphatic heterocycles. The molecule has 0 atom stereocenters. The Bertz CT molecular complexity index is 1450. The lowest BCUT2D eigenvalue weighted by Gasteiger charge is -2.10. The predicted molar refractivity (Wildman–Crippen MR) is 141 cm³/mol. The van der Waals surface area contributed by atoms with Crippen LogP contribution in [-0.4, -0.2) is 28.7 Å². The number of fused-ring (bicyclic) bond motifs is 1. The molecule has 0 saturated heterocycles. The number of thioether (sulfide) groups is 1. The number of alkyl halides is 3. The summed E-state index contributed by atoms with van der Waals surface area (Å²) in [7, 11) is 0. The molecule has 2 N–H and O–H groups in total. The molecular formula is C27H23ClF3N3O2S. The normalized spacial score (nSPS) is 11.5. The number of halogens is 4. The molecule has 0 spiro atoms. The first kappa shape index (κ1) is 26.6. The van der Waals surface area contributed by atoms with Crippen molar-refractivity contribution in [2.45, 2.75) is 24.5 Å². The molecule has 4 aromatic rings. The second-order valence-corrected chi connectivity index (χ2v) is 9.76. The van der Waals surface area contributed by atoms with Crippen LogP contribution < -0.4 is 10.6 Å². The van der Waals surface area contributed by atoms with Crippen LogP contribution in [0.3, 0.4) is 0 Å². The number of aryl methyl sites for hydroxylation is 1. The number of nitrogens with zero attached hydrogens (tertiary/aromatic N) is 1. The highest BCUT2D eigenvalue weighted by Crippen LogP contribution is 2.31. The van der Waals surface area contributed by atoms with E-state index in [9.17, 15) is 22.8 Å². The van der Waals surface area contributed by atoms with E-state index in [4.69, 9.17) is 11.6 Å². The van der Waals surface area contributed by atoms with Crippen LogP contribution in [0.25, 0.3) is 10.9 Å². The van der Waals surface area contributed by atoms with E-state index < -0.39 is 17.6 Å². The summed E-state index contributed by atoms with van der Waals surface area (Å²) in [6, 6.07) is 17.3. The van der Waals surface area contributed by atoms with E-state index in [1.165, 1.54) is 23.9 Å². The van der Waals surface area contributed by atoms with E-state index in [1.807, 2.05) is 48.0 Å². The Labute approximate surface area is 221 Å². The van der Waals surface area contributed by atoms with E-state index in [0.29, 0.717) is 17.3 Å². The molecule has 3 aromatic carbocycles. The van der Waals surface area contributed by atoms with Gasteiger partial charge in [-0.1, -0.05) is 41.9 Å². The monoisotopic (exact) mass is 545 g/mol. The molecular weight excluding hydrogens is 523 g/mol. The first-order valence-electron chi connectivity index (χ1n) is 11.3. The fraction of sp³-hybridized carbons (Fsp3) is 0.185. The van der Waals surface area contributed by atoms with Crippen LogP contribution in [0.15, 0.2) is 77.8 Å². The molecule has 4 rings (SSSR count). The highest BCUT2D eigenvalue weighted by Gasteiger charge is 2.30. The Kier molecular flexibility index (Phi) is 8.14.